The van der Waals surface area contributed by atoms with Crippen LogP contribution in [-0.2, 0) is 10.0 Å². The fourth-order valence-corrected chi connectivity index (χ4v) is 2.62. The lowest BCUT2D eigenvalue weighted by Gasteiger charge is -2.13. The molecular weight excluding hydrogens is 322 g/mol. The average Bonchev–Trinajstić information content (AvgIpc) is 2.55. The van der Waals surface area contributed by atoms with Crippen molar-refractivity contribution >= 4 is 10.0 Å². The topological polar surface area (TPSA) is 101 Å². The van der Waals surface area contributed by atoms with Gasteiger partial charge in [0.2, 0.25) is 0 Å². The molecule has 0 aliphatic carbocycles. The number of benzene rings is 1. The molecule has 0 radical (unpaired) electrons. The second kappa shape index (κ2) is 7.07. The lowest BCUT2D eigenvalue weighted by atomic mass is 10.3. The maximum absolute atomic E-state index is 12.2. The molecule has 0 bridgehead atoms. The Balaban J connectivity index is 2.29. The Bertz CT molecular complexity index is 797. The molecular formula is C14H15N3O5S. The molecule has 1 aliphatic rings. The van der Waals surface area contributed by atoms with Gasteiger partial charge in [-0.05, 0) is 24.3 Å². The van der Waals surface area contributed by atoms with Crippen molar-refractivity contribution in [1.29, 1.82) is 0 Å². The Kier molecular flexibility index (Phi) is 5.14. The molecule has 0 saturated heterocycles. The first-order chi connectivity index (χ1) is 11.0. The molecule has 1 aromatic rings. The van der Waals surface area contributed by atoms with Gasteiger partial charge >= 0.3 is 10.0 Å². The van der Waals surface area contributed by atoms with Crippen molar-refractivity contribution in [1.82, 2.24) is 5.06 Å². The molecule has 0 saturated carbocycles. The standard InChI is InChI=1S/C14H15N3O5S/c1-21-12-6-7-14(13(9-12)22-2)23(19,20)16-15-10-11-5-3-4-8-17(11)18/h3-10,18H,1-2H3/b11-10+,16-15?. The minimum Gasteiger partial charge on any atom is -0.497 e. The van der Waals surface area contributed by atoms with E-state index in [0.29, 0.717) is 5.75 Å². The monoisotopic (exact) mass is 337 g/mol. The molecule has 1 aromatic carbocycles. The molecule has 122 valence electrons. The third kappa shape index (κ3) is 3.96. The molecule has 0 atom stereocenters. The Morgan fingerprint density at radius 1 is 1.22 bits per heavy atom. The highest BCUT2D eigenvalue weighted by Crippen LogP contribution is 2.29. The lowest BCUT2D eigenvalue weighted by molar-refractivity contribution is -0.000512. The summed E-state index contributed by atoms with van der Waals surface area (Å²) in [6.07, 6.45) is 7.30. The summed E-state index contributed by atoms with van der Waals surface area (Å²) in [4.78, 5) is -0.136. The molecule has 0 unspecified atom stereocenters. The van der Waals surface area contributed by atoms with Crippen LogP contribution in [0.25, 0.3) is 0 Å². The summed E-state index contributed by atoms with van der Waals surface area (Å²) < 4.78 is 37.8. The fourth-order valence-electron chi connectivity index (χ4n) is 1.73. The Morgan fingerprint density at radius 3 is 2.65 bits per heavy atom. The van der Waals surface area contributed by atoms with Crippen LogP contribution in [0, 0.1) is 0 Å². The van der Waals surface area contributed by atoms with Gasteiger partial charge in [-0.15, -0.1) is 5.11 Å². The summed E-state index contributed by atoms with van der Waals surface area (Å²) in [5.41, 5.74) is 0.271. The van der Waals surface area contributed by atoms with Crippen LogP contribution < -0.4 is 9.47 Å². The molecule has 0 aromatic heterocycles. The third-order valence-corrected chi connectivity index (χ3v) is 4.07. The van der Waals surface area contributed by atoms with Gasteiger partial charge in [0.1, 0.15) is 16.4 Å². The van der Waals surface area contributed by atoms with Crippen molar-refractivity contribution in [2.24, 2.45) is 9.63 Å². The number of methoxy groups -OCH3 is 2. The normalized spacial score (nSPS) is 16.3. The van der Waals surface area contributed by atoms with Crippen molar-refractivity contribution in [3.63, 3.8) is 0 Å². The number of ether oxygens (including phenoxy) is 2. The zero-order valence-electron chi connectivity index (χ0n) is 12.4. The van der Waals surface area contributed by atoms with E-state index >= 15 is 0 Å². The summed E-state index contributed by atoms with van der Waals surface area (Å²) in [5, 5.41) is 13.8. The number of hydrogen-bond donors (Lipinski definition) is 1. The summed E-state index contributed by atoms with van der Waals surface area (Å²) in [6, 6.07) is 4.24. The van der Waals surface area contributed by atoms with Crippen LogP contribution in [0.3, 0.4) is 0 Å². The van der Waals surface area contributed by atoms with Gasteiger partial charge in [-0.1, -0.05) is 10.6 Å². The minimum atomic E-state index is -4.06. The van der Waals surface area contributed by atoms with Crippen molar-refractivity contribution in [3.05, 3.63) is 54.5 Å². The average molecular weight is 337 g/mol. The van der Waals surface area contributed by atoms with Crippen LogP contribution >= 0.6 is 0 Å². The second-order valence-electron chi connectivity index (χ2n) is 4.29. The summed E-state index contributed by atoms with van der Waals surface area (Å²) in [7, 11) is -1.25. The fraction of sp³-hybridized carbons (Fsp3) is 0.143. The zero-order chi connectivity index (χ0) is 16.9. The molecule has 2 rings (SSSR count). The second-order valence-corrected chi connectivity index (χ2v) is 5.84. The molecule has 1 N–H and O–H groups in total. The van der Waals surface area contributed by atoms with E-state index in [0.717, 1.165) is 11.3 Å². The molecule has 0 amide bonds. The number of rotatable bonds is 5. The van der Waals surface area contributed by atoms with E-state index in [-0.39, 0.29) is 16.3 Å². The van der Waals surface area contributed by atoms with Crippen molar-refractivity contribution in [3.8, 4) is 11.5 Å². The molecule has 0 fully saturated rings. The molecule has 1 heterocycles. The van der Waals surface area contributed by atoms with Crippen LogP contribution in [0.4, 0.5) is 0 Å². The number of hydroxylamine groups is 2. The lowest BCUT2D eigenvalue weighted by Crippen LogP contribution is -2.10. The minimum absolute atomic E-state index is 0.0974. The summed E-state index contributed by atoms with van der Waals surface area (Å²) >= 11 is 0. The Labute approximate surface area is 133 Å². The predicted molar refractivity (Wildman–Crippen MR) is 81.6 cm³/mol. The maximum Gasteiger partial charge on any atom is 0.303 e. The highest BCUT2D eigenvalue weighted by Gasteiger charge is 2.19. The van der Waals surface area contributed by atoms with Crippen molar-refractivity contribution < 1.29 is 23.1 Å². The largest absolute Gasteiger partial charge is 0.497 e. The Morgan fingerprint density at radius 2 is 2.00 bits per heavy atom. The smallest absolute Gasteiger partial charge is 0.303 e. The first kappa shape index (κ1) is 16.7. The van der Waals surface area contributed by atoms with Gasteiger partial charge in [-0.25, -0.2) is 5.06 Å². The van der Waals surface area contributed by atoms with E-state index in [9.17, 15) is 13.6 Å². The molecule has 8 nitrogen and oxygen atoms in total. The van der Waals surface area contributed by atoms with E-state index < -0.39 is 10.0 Å². The van der Waals surface area contributed by atoms with Gasteiger partial charge in [0.25, 0.3) is 0 Å². The third-order valence-electron chi connectivity index (χ3n) is 2.86. The van der Waals surface area contributed by atoms with Crippen LogP contribution in [0.2, 0.25) is 0 Å². The highest BCUT2D eigenvalue weighted by atomic mass is 32.2. The highest BCUT2D eigenvalue weighted by molar-refractivity contribution is 7.90. The molecule has 1 aliphatic heterocycles. The van der Waals surface area contributed by atoms with E-state index in [1.54, 1.807) is 18.2 Å². The first-order valence-electron chi connectivity index (χ1n) is 6.40. The van der Waals surface area contributed by atoms with Crippen LogP contribution in [0.15, 0.2) is 69.1 Å². The SMILES string of the molecule is COc1ccc(S(=O)(=O)N=N/C=C2\C=CC=CN2O)c(OC)c1. The molecule has 0 spiro atoms. The van der Waals surface area contributed by atoms with Gasteiger partial charge in [0.05, 0.1) is 26.1 Å². The predicted octanol–water partition coefficient (Wildman–Crippen LogP) is 2.46. The van der Waals surface area contributed by atoms with Crippen molar-refractivity contribution in [2.75, 3.05) is 14.2 Å². The van der Waals surface area contributed by atoms with Crippen LogP contribution in [0.5, 0.6) is 11.5 Å². The number of allylic oxidation sites excluding steroid dienone is 3. The zero-order valence-corrected chi connectivity index (χ0v) is 13.3. The number of hydrogen-bond acceptors (Lipinski definition) is 7. The molecule has 9 heteroatoms. The van der Waals surface area contributed by atoms with Crippen LogP contribution in [-0.4, -0.2) is 32.9 Å². The van der Waals surface area contributed by atoms with Gasteiger partial charge < -0.3 is 9.47 Å². The maximum atomic E-state index is 12.2. The number of sulfonamides is 1. The van der Waals surface area contributed by atoms with Crippen LogP contribution in [0.1, 0.15) is 0 Å². The Hall–Kier alpha value is -2.65. The van der Waals surface area contributed by atoms with Gasteiger partial charge in [0.15, 0.2) is 0 Å². The number of nitrogens with zero attached hydrogens (tertiary/aromatic N) is 3. The van der Waals surface area contributed by atoms with E-state index in [2.05, 4.69) is 9.63 Å². The molecule has 23 heavy (non-hydrogen) atoms. The van der Waals surface area contributed by atoms with Gasteiger partial charge in [-0.2, -0.15) is 8.42 Å². The first-order valence-corrected chi connectivity index (χ1v) is 7.84. The summed E-state index contributed by atoms with van der Waals surface area (Å²) in [6.45, 7) is 0. The van der Waals surface area contributed by atoms with E-state index in [1.165, 1.54) is 38.6 Å². The summed E-state index contributed by atoms with van der Waals surface area (Å²) in [5.74, 6) is 0.551. The van der Waals surface area contributed by atoms with Gasteiger partial charge in [0, 0.05) is 12.3 Å². The quantitative estimate of drug-likeness (QED) is 0.828. The van der Waals surface area contributed by atoms with Gasteiger partial charge in [-0.3, -0.25) is 5.21 Å². The van der Waals surface area contributed by atoms with E-state index in [4.69, 9.17) is 9.47 Å². The van der Waals surface area contributed by atoms with Crippen molar-refractivity contribution in [2.45, 2.75) is 4.90 Å². The van der Waals surface area contributed by atoms with E-state index in [1.807, 2.05) is 0 Å².